The van der Waals surface area contributed by atoms with Crippen LogP contribution in [-0.4, -0.2) is 23.6 Å². The minimum Gasteiger partial charge on any atom is -0.387 e. The summed E-state index contributed by atoms with van der Waals surface area (Å²) in [5, 5.41) is 10.3. The summed E-state index contributed by atoms with van der Waals surface area (Å²) in [5.74, 6) is 0. The Morgan fingerprint density at radius 1 is 1.00 bits per heavy atom. The molecule has 0 aliphatic carbocycles. The first-order chi connectivity index (χ1) is 8.75. The predicted octanol–water partition coefficient (Wildman–Crippen LogP) is 2.83. The summed E-state index contributed by atoms with van der Waals surface area (Å²) in [5.41, 5.74) is 4.74. The molecule has 1 heterocycles. The van der Waals surface area contributed by atoms with E-state index in [9.17, 15) is 5.11 Å². The summed E-state index contributed by atoms with van der Waals surface area (Å²) in [4.78, 5) is 2.17. The molecule has 2 aromatic rings. The fourth-order valence-corrected chi connectivity index (χ4v) is 2.70. The van der Waals surface area contributed by atoms with Crippen molar-refractivity contribution in [2.75, 3.05) is 13.6 Å². The third-order valence-electron chi connectivity index (χ3n) is 3.55. The number of nitrogens with zero attached hydrogens (tertiary/aromatic N) is 1. The summed E-state index contributed by atoms with van der Waals surface area (Å²) in [7, 11) is 2.05. The van der Waals surface area contributed by atoms with E-state index in [2.05, 4.69) is 35.2 Å². The lowest BCUT2D eigenvalue weighted by Crippen LogP contribution is -2.26. The first-order valence-electron chi connectivity index (χ1n) is 6.29. The van der Waals surface area contributed by atoms with Gasteiger partial charge in [0.05, 0.1) is 6.10 Å². The third-order valence-corrected chi connectivity index (χ3v) is 3.55. The normalized spacial score (nSPS) is 19.6. The molecular formula is C16H17NO. The van der Waals surface area contributed by atoms with Crippen LogP contribution in [0.2, 0.25) is 0 Å². The monoisotopic (exact) mass is 239 g/mol. The van der Waals surface area contributed by atoms with Crippen molar-refractivity contribution in [1.29, 1.82) is 0 Å². The van der Waals surface area contributed by atoms with E-state index in [1.807, 2.05) is 25.2 Å². The molecule has 18 heavy (non-hydrogen) atoms. The number of fused-ring (bicyclic) bond motifs is 3. The van der Waals surface area contributed by atoms with Gasteiger partial charge in [-0.2, -0.15) is 0 Å². The Morgan fingerprint density at radius 3 is 2.50 bits per heavy atom. The van der Waals surface area contributed by atoms with Crippen molar-refractivity contribution in [2.45, 2.75) is 12.6 Å². The van der Waals surface area contributed by atoms with Crippen LogP contribution in [0.25, 0.3) is 11.1 Å². The zero-order chi connectivity index (χ0) is 12.5. The van der Waals surface area contributed by atoms with Crippen LogP contribution in [0.1, 0.15) is 17.2 Å². The van der Waals surface area contributed by atoms with Crippen molar-refractivity contribution in [3.05, 3.63) is 59.7 Å². The molecular weight excluding hydrogens is 222 g/mol. The second-order valence-corrected chi connectivity index (χ2v) is 4.96. The second kappa shape index (κ2) is 4.56. The first kappa shape index (κ1) is 11.5. The average molecular weight is 239 g/mol. The maximum absolute atomic E-state index is 10.3. The highest BCUT2D eigenvalue weighted by molar-refractivity contribution is 5.71. The van der Waals surface area contributed by atoms with Crippen molar-refractivity contribution < 1.29 is 5.11 Å². The largest absolute Gasteiger partial charge is 0.387 e. The minimum absolute atomic E-state index is 0.417. The van der Waals surface area contributed by atoms with Crippen LogP contribution in [0.4, 0.5) is 0 Å². The molecule has 0 saturated heterocycles. The smallest absolute Gasteiger partial charge is 0.0922 e. The van der Waals surface area contributed by atoms with Crippen LogP contribution in [0.15, 0.2) is 48.5 Å². The van der Waals surface area contributed by atoms with Gasteiger partial charge in [0.1, 0.15) is 0 Å². The molecule has 92 valence electrons. The average Bonchev–Trinajstić information content (AvgIpc) is 2.38. The lowest BCUT2D eigenvalue weighted by molar-refractivity contribution is 0.123. The Morgan fingerprint density at radius 2 is 1.67 bits per heavy atom. The number of aliphatic hydroxyl groups excluding tert-OH is 1. The van der Waals surface area contributed by atoms with Gasteiger partial charge in [-0.15, -0.1) is 0 Å². The Bertz CT molecular complexity index is 565. The van der Waals surface area contributed by atoms with E-state index in [1.54, 1.807) is 0 Å². The Balaban J connectivity index is 2.24. The number of β-amino-alcohol motifs (C(OH)–C–C–N with tert-alkyl or cyclic N) is 1. The molecule has 2 heteroatoms. The SMILES string of the molecule is CN1Cc2ccccc2-c2ccccc2[C@H](O)C1. The standard InChI is InChI=1S/C16H17NO/c1-17-10-12-6-2-3-7-13(12)14-8-4-5-9-15(14)16(18)11-17/h2-9,16,18H,10-11H2,1H3/t16-/m1/s1. The molecule has 0 spiro atoms. The summed E-state index contributed by atoms with van der Waals surface area (Å²) < 4.78 is 0. The van der Waals surface area contributed by atoms with Gasteiger partial charge in [0.25, 0.3) is 0 Å². The Hall–Kier alpha value is -1.64. The third kappa shape index (κ3) is 1.94. The van der Waals surface area contributed by atoms with Crippen molar-refractivity contribution in [1.82, 2.24) is 4.90 Å². The maximum atomic E-state index is 10.3. The molecule has 0 radical (unpaired) electrons. The molecule has 0 unspecified atom stereocenters. The van der Waals surface area contributed by atoms with Gasteiger partial charge < -0.3 is 5.11 Å². The molecule has 3 rings (SSSR count). The van der Waals surface area contributed by atoms with E-state index in [0.29, 0.717) is 6.54 Å². The molecule has 2 aromatic carbocycles. The Kier molecular flexibility index (Phi) is 2.90. The predicted molar refractivity (Wildman–Crippen MR) is 73.2 cm³/mol. The van der Waals surface area contributed by atoms with Crippen molar-refractivity contribution in [2.24, 2.45) is 0 Å². The number of hydrogen-bond donors (Lipinski definition) is 1. The minimum atomic E-state index is -0.417. The quantitative estimate of drug-likeness (QED) is 0.764. The Labute approximate surface area is 107 Å². The van der Waals surface area contributed by atoms with Gasteiger partial charge >= 0.3 is 0 Å². The zero-order valence-corrected chi connectivity index (χ0v) is 10.5. The topological polar surface area (TPSA) is 23.5 Å². The molecule has 0 aromatic heterocycles. The van der Waals surface area contributed by atoms with Gasteiger partial charge in [-0.25, -0.2) is 0 Å². The second-order valence-electron chi connectivity index (χ2n) is 4.96. The van der Waals surface area contributed by atoms with Gasteiger partial charge in [-0.1, -0.05) is 48.5 Å². The van der Waals surface area contributed by atoms with E-state index in [0.717, 1.165) is 17.7 Å². The van der Waals surface area contributed by atoms with Crippen molar-refractivity contribution in [3.8, 4) is 11.1 Å². The summed E-state index contributed by atoms with van der Waals surface area (Å²) in [6.45, 7) is 1.55. The van der Waals surface area contributed by atoms with Crippen molar-refractivity contribution in [3.63, 3.8) is 0 Å². The van der Waals surface area contributed by atoms with E-state index in [1.165, 1.54) is 11.1 Å². The highest BCUT2D eigenvalue weighted by atomic mass is 16.3. The fraction of sp³-hybridized carbons (Fsp3) is 0.250. The number of benzene rings is 2. The highest BCUT2D eigenvalue weighted by Gasteiger charge is 2.20. The molecule has 0 saturated carbocycles. The van der Waals surface area contributed by atoms with Crippen LogP contribution in [0.3, 0.4) is 0 Å². The van der Waals surface area contributed by atoms with Crippen LogP contribution in [0, 0.1) is 0 Å². The molecule has 2 nitrogen and oxygen atoms in total. The van der Waals surface area contributed by atoms with Gasteiger partial charge in [0, 0.05) is 13.1 Å². The van der Waals surface area contributed by atoms with E-state index in [4.69, 9.17) is 0 Å². The number of rotatable bonds is 0. The van der Waals surface area contributed by atoms with Gasteiger partial charge in [0.15, 0.2) is 0 Å². The lowest BCUT2D eigenvalue weighted by atomic mass is 9.91. The van der Waals surface area contributed by atoms with Crippen LogP contribution in [0.5, 0.6) is 0 Å². The van der Waals surface area contributed by atoms with E-state index >= 15 is 0 Å². The lowest BCUT2D eigenvalue weighted by Gasteiger charge is -2.27. The molecule has 1 atom stereocenters. The van der Waals surface area contributed by atoms with E-state index in [-0.39, 0.29) is 0 Å². The summed E-state index contributed by atoms with van der Waals surface area (Å²) in [6, 6.07) is 16.6. The van der Waals surface area contributed by atoms with Crippen LogP contribution < -0.4 is 0 Å². The van der Waals surface area contributed by atoms with E-state index < -0.39 is 6.10 Å². The molecule has 1 N–H and O–H groups in total. The van der Waals surface area contributed by atoms with Gasteiger partial charge in [0.2, 0.25) is 0 Å². The zero-order valence-electron chi connectivity index (χ0n) is 10.5. The maximum Gasteiger partial charge on any atom is 0.0922 e. The number of likely N-dealkylation sites (N-methyl/N-ethyl adjacent to an activating group) is 1. The summed E-state index contributed by atoms with van der Waals surface area (Å²) in [6.07, 6.45) is -0.417. The molecule has 1 aliphatic heterocycles. The van der Waals surface area contributed by atoms with Crippen molar-refractivity contribution >= 4 is 0 Å². The molecule has 0 bridgehead atoms. The summed E-state index contributed by atoms with van der Waals surface area (Å²) >= 11 is 0. The highest BCUT2D eigenvalue weighted by Crippen LogP contribution is 2.33. The number of hydrogen-bond acceptors (Lipinski definition) is 2. The number of aliphatic hydroxyl groups is 1. The molecule has 0 amide bonds. The van der Waals surface area contributed by atoms with Gasteiger partial charge in [-0.05, 0) is 29.3 Å². The van der Waals surface area contributed by atoms with Gasteiger partial charge in [-0.3, -0.25) is 4.90 Å². The van der Waals surface area contributed by atoms with Crippen LogP contribution >= 0.6 is 0 Å². The van der Waals surface area contributed by atoms with Crippen LogP contribution in [-0.2, 0) is 6.54 Å². The fourth-order valence-electron chi connectivity index (χ4n) is 2.70. The molecule has 1 aliphatic rings. The molecule has 0 fully saturated rings. The first-order valence-corrected chi connectivity index (χ1v) is 6.29.